The lowest BCUT2D eigenvalue weighted by Crippen LogP contribution is -2.26. The van der Waals surface area contributed by atoms with Gasteiger partial charge in [-0.15, -0.1) is 10.2 Å². The molecule has 0 spiro atoms. The summed E-state index contributed by atoms with van der Waals surface area (Å²) in [4.78, 5) is 8.90. The number of carbonyl (C=O) groups is 1. The Kier molecular flexibility index (Phi) is 6.38. The normalized spacial score (nSPS) is 15.4. The minimum atomic E-state index is -5.08. The molecule has 2 N–H and O–H groups in total. The van der Waals surface area contributed by atoms with E-state index in [1.165, 1.54) is 0 Å². The fourth-order valence-corrected chi connectivity index (χ4v) is 2.43. The molecule has 0 atom stereocenters. The van der Waals surface area contributed by atoms with E-state index in [0.29, 0.717) is 16.8 Å². The number of nitrogens with zero attached hydrogens (tertiary/aromatic N) is 2. The van der Waals surface area contributed by atoms with Crippen LogP contribution in [0.5, 0.6) is 0 Å². The van der Waals surface area contributed by atoms with Crippen molar-refractivity contribution in [2.24, 2.45) is 0 Å². The summed E-state index contributed by atoms with van der Waals surface area (Å²) in [6.45, 7) is 2.02. The van der Waals surface area contributed by atoms with E-state index in [9.17, 15) is 13.2 Å². The monoisotopic (exact) mass is 377 g/mol. The fourth-order valence-electron chi connectivity index (χ4n) is 2.21. The average Bonchev–Trinajstić information content (AvgIpc) is 3.05. The Morgan fingerprint density at radius 1 is 1.24 bits per heavy atom. The maximum Gasteiger partial charge on any atom is 0.490 e. The van der Waals surface area contributed by atoms with Gasteiger partial charge in [0.15, 0.2) is 0 Å². The molecule has 1 aliphatic heterocycles. The van der Waals surface area contributed by atoms with Gasteiger partial charge in [0.05, 0.1) is 10.6 Å². The molecule has 0 unspecified atom stereocenters. The Labute approximate surface area is 146 Å². The summed E-state index contributed by atoms with van der Waals surface area (Å²) in [6.07, 6.45) is -2.99. The van der Waals surface area contributed by atoms with Crippen LogP contribution < -0.4 is 5.32 Å². The zero-order valence-corrected chi connectivity index (χ0v) is 13.6. The van der Waals surface area contributed by atoms with E-state index in [2.05, 4.69) is 15.5 Å². The highest BCUT2D eigenvalue weighted by Crippen LogP contribution is 2.30. The summed E-state index contributed by atoms with van der Waals surface area (Å²) < 4.78 is 37.5. The van der Waals surface area contributed by atoms with Crippen molar-refractivity contribution in [1.29, 1.82) is 0 Å². The summed E-state index contributed by atoms with van der Waals surface area (Å²) in [5, 5.41) is 19.3. The molecule has 1 aromatic heterocycles. The molecule has 1 fully saturated rings. The predicted molar refractivity (Wildman–Crippen MR) is 83.3 cm³/mol. The van der Waals surface area contributed by atoms with Gasteiger partial charge in [0.1, 0.15) is 0 Å². The van der Waals surface area contributed by atoms with Crippen LogP contribution in [0, 0.1) is 0 Å². The number of carboxylic acid groups (broad SMARTS) is 1. The maximum atomic E-state index is 10.6. The fraction of sp³-hybridized carbons (Fsp3) is 0.400. The average molecular weight is 378 g/mol. The second kappa shape index (κ2) is 8.30. The lowest BCUT2D eigenvalue weighted by Gasteiger charge is -2.18. The molecule has 3 rings (SSSR count). The van der Waals surface area contributed by atoms with Gasteiger partial charge in [0, 0.05) is 5.92 Å². The molecule has 25 heavy (non-hydrogen) atoms. The molecular weight excluding hydrogens is 363 g/mol. The number of benzene rings is 1. The summed E-state index contributed by atoms with van der Waals surface area (Å²) in [6, 6.07) is 7.51. The third-order valence-electron chi connectivity index (χ3n) is 3.48. The van der Waals surface area contributed by atoms with Gasteiger partial charge in [0.25, 0.3) is 0 Å². The quantitative estimate of drug-likeness (QED) is 0.833. The highest BCUT2D eigenvalue weighted by Gasteiger charge is 2.38. The Hall–Kier alpha value is -2.13. The molecule has 2 aromatic rings. The number of hydrogen-bond acceptors (Lipinski definition) is 5. The number of aliphatic carboxylic acids is 1. The standard InChI is InChI=1S/C13H14ClN3O.C2HF3O2/c14-11-4-2-1-3-10(11)13-17-16-12(18-13)9-5-7-15-8-6-9;3-2(4,5)1(6)7/h1-4,9,15H,5-8H2;(H,6,7). The van der Waals surface area contributed by atoms with E-state index in [1.54, 1.807) is 0 Å². The van der Waals surface area contributed by atoms with Crippen molar-refractivity contribution in [3.8, 4) is 11.5 Å². The van der Waals surface area contributed by atoms with E-state index in [4.69, 9.17) is 25.9 Å². The third-order valence-corrected chi connectivity index (χ3v) is 3.81. The second-order valence-electron chi connectivity index (χ2n) is 5.25. The van der Waals surface area contributed by atoms with Gasteiger partial charge in [-0.3, -0.25) is 0 Å². The summed E-state index contributed by atoms with van der Waals surface area (Å²) in [5.74, 6) is -1.15. The zero-order valence-electron chi connectivity index (χ0n) is 12.9. The number of carboxylic acids is 1. The largest absolute Gasteiger partial charge is 0.490 e. The number of piperidine rings is 1. The second-order valence-corrected chi connectivity index (χ2v) is 5.66. The molecule has 0 bridgehead atoms. The van der Waals surface area contributed by atoms with Gasteiger partial charge < -0.3 is 14.8 Å². The van der Waals surface area contributed by atoms with Crippen LogP contribution in [0.3, 0.4) is 0 Å². The molecular formula is C15H15ClF3N3O3. The van der Waals surface area contributed by atoms with Crippen molar-refractivity contribution in [3.63, 3.8) is 0 Å². The van der Waals surface area contributed by atoms with Crippen LogP contribution in [-0.2, 0) is 4.79 Å². The summed E-state index contributed by atoms with van der Waals surface area (Å²) >= 11 is 6.12. The number of halogens is 4. The molecule has 0 saturated carbocycles. The van der Waals surface area contributed by atoms with E-state index in [1.807, 2.05) is 24.3 Å². The number of alkyl halides is 3. The van der Waals surface area contributed by atoms with Crippen LogP contribution in [-0.4, -0.2) is 40.5 Å². The smallest absolute Gasteiger partial charge is 0.475 e. The van der Waals surface area contributed by atoms with Crippen molar-refractivity contribution in [3.05, 3.63) is 35.2 Å². The van der Waals surface area contributed by atoms with Gasteiger partial charge in [-0.1, -0.05) is 23.7 Å². The van der Waals surface area contributed by atoms with Gasteiger partial charge in [-0.2, -0.15) is 13.2 Å². The zero-order chi connectivity index (χ0) is 18.4. The first-order chi connectivity index (χ1) is 11.8. The maximum absolute atomic E-state index is 10.6. The highest BCUT2D eigenvalue weighted by atomic mass is 35.5. The van der Waals surface area contributed by atoms with Crippen LogP contribution in [0.15, 0.2) is 28.7 Å². The first-order valence-corrected chi connectivity index (χ1v) is 7.76. The molecule has 6 nitrogen and oxygen atoms in total. The van der Waals surface area contributed by atoms with Crippen LogP contribution in [0.1, 0.15) is 24.7 Å². The molecule has 0 radical (unpaired) electrons. The van der Waals surface area contributed by atoms with Crippen LogP contribution in [0.4, 0.5) is 13.2 Å². The Bertz CT molecular complexity index is 715. The van der Waals surface area contributed by atoms with Crippen LogP contribution in [0.2, 0.25) is 5.02 Å². The highest BCUT2D eigenvalue weighted by molar-refractivity contribution is 6.33. The molecule has 136 valence electrons. The summed E-state index contributed by atoms with van der Waals surface area (Å²) in [7, 11) is 0. The third kappa shape index (κ3) is 5.43. The molecule has 0 amide bonds. The SMILES string of the molecule is Clc1ccccc1-c1nnc(C2CCNCC2)o1.O=C(O)C(F)(F)F. The van der Waals surface area contributed by atoms with Crippen molar-refractivity contribution in [2.75, 3.05) is 13.1 Å². The van der Waals surface area contributed by atoms with Gasteiger partial charge in [-0.05, 0) is 38.1 Å². The van der Waals surface area contributed by atoms with Crippen molar-refractivity contribution < 1.29 is 27.5 Å². The van der Waals surface area contributed by atoms with Crippen LogP contribution >= 0.6 is 11.6 Å². The molecule has 1 aromatic carbocycles. The van der Waals surface area contributed by atoms with Crippen LogP contribution in [0.25, 0.3) is 11.5 Å². The number of hydrogen-bond donors (Lipinski definition) is 2. The lowest BCUT2D eigenvalue weighted by atomic mass is 9.98. The van der Waals surface area contributed by atoms with E-state index in [0.717, 1.165) is 37.4 Å². The minimum absolute atomic E-state index is 0.370. The Balaban J connectivity index is 0.000000277. The molecule has 1 aliphatic rings. The molecule has 10 heteroatoms. The number of nitrogens with one attached hydrogen (secondary N) is 1. The molecule has 1 saturated heterocycles. The number of aromatic nitrogens is 2. The van der Waals surface area contributed by atoms with Crippen molar-refractivity contribution in [1.82, 2.24) is 15.5 Å². The lowest BCUT2D eigenvalue weighted by molar-refractivity contribution is -0.192. The molecule has 2 heterocycles. The van der Waals surface area contributed by atoms with E-state index < -0.39 is 12.1 Å². The Morgan fingerprint density at radius 3 is 2.40 bits per heavy atom. The van der Waals surface area contributed by atoms with Gasteiger partial charge in [-0.25, -0.2) is 4.79 Å². The first kappa shape index (κ1) is 19.2. The van der Waals surface area contributed by atoms with Crippen molar-refractivity contribution >= 4 is 17.6 Å². The number of rotatable bonds is 2. The van der Waals surface area contributed by atoms with Gasteiger partial charge in [0.2, 0.25) is 11.8 Å². The first-order valence-electron chi connectivity index (χ1n) is 7.38. The minimum Gasteiger partial charge on any atom is -0.475 e. The summed E-state index contributed by atoms with van der Waals surface area (Å²) in [5.41, 5.74) is 0.798. The molecule has 0 aliphatic carbocycles. The predicted octanol–water partition coefficient (Wildman–Crippen LogP) is 3.49. The van der Waals surface area contributed by atoms with E-state index in [-0.39, 0.29) is 0 Å². The van der Waals surface area contributed by atoms with Gasteiger partial charge >= 0.3 is 12.1 Å². The van der Waals surface area contributed by atoms with E-state index >= 15 is 0 Å². The Morgan fingerprint density at radius 2 is 1.84 bits per heavy atom. The van der Waals surface area contributed by atoms with Crippen molar-refractivity contribution in [2.45, 2.75) is 24.9 Å². The topological polar surface area (TPSA) is 88.3 Å².